The topological polar surface area (TPSA) is 48.2 Å². The average Bonchev–Trinajstić information content (AvgIpc) is 2.30. The molecule has 0 radical (unpaired) electrons. The van der Waals surface area contributed by atoms with Gasteiger partial charge in [-0.25, -0.2) is 0 Å². The second-order valence-corrected chi connectivity index (χ2v) is 2.27. The van der Waals surface area contributed by atoms with Gasteiger partial charge in [-0.15, -0.1) is 0 Å². The van der Waals surface area contributed by atoms with Crippen LogP contribution < -0.4 is 58.2 Å². The fraction of sp³-hybridized carbons (Fsp3) is 0. The second-order valence-electron chi connectivity index (χ2n) is 2.27. The van der Waals surface area contributed by atoms with Crippen molar-refractivity contribution in [3.63, 3.8) is 0 Å². The number of hydrogen-bond acceptors (Lipinski definition) is 2. The van der Waals surface area contributed by atoms with Crippen molar-refractivity contribution in [3.05, 3.63) is 40.7 Å². The molecule has 1 heterocycles. The number of imide groups is 1. The molecule has 1 aromatic rings. The van der Waals surface area contributed by atoms with Crippen molar-refractivity contribution >= 4 is 11.8 Å². The minimum absolute atomic E-state index is 0. The van der Waals surface area contributed by atoms with Crippen molar-refractivity contribution < 1.29 is 67.8 Å². The summed E-state index contributed by atoms with van der Waals surface area (Å²) < 4.78 is 0. The van der Waals surface area contributed by atoms with Crippen LogP contribution in [0.2, 0.25) is 0 Å². The van der Waals surface area contributed by atoms with Gasteiger partial charge in [0.05, 0.1) is 11.8 Å². The van der Waals surface area contributed by atoms with Crippen molar-refractivity contribution in [1.29, 1.82) is 0 Å². The molecule has 0 bridgehead atoms. The first-order valence-corrected chi connectivity index (χ1v) is 3.18. The maximum absolute atomic E-state index is 10.9. The number of nitrogens with zero attached hydrogens (tertiary/aromatic N) is 1. The van der Waals surface area contributed by atoms with Crippen molar-refractivity contribution in [3.8, 4) is 0 Å². The third-order valence-electron chi connectivity index (χ3n) is 1.59. The van der Waals surface area contributed by atoms with Crippen LogP contribution in [0.15, 0.2) is 24.3 Å². The molecule has 1 aliphatic rings. The van der Waals surface area contributed by atoms with Gasteiger partial charge in [-0.3, -0.25) is 0 Å². The first-order valence-electron chi connectivity index (χ1n) is 3.18. The van der Waals surface area contributed by atoms with Crippen LogP contribution in [0, 0.1) is 0 Å². The molecule has 0 unspecified atom stereocenters. The van der Waals surface area contributed by atoms with Gasteiger partial charge in [-0.2, -0.15) is 0 Å². The number of amides is 2. The summed E-state index contributed by atoms with van der Waals surface area (Å²) in [7, 11) is 0. The van der Waals surface area contributed by atoms with Gasteiger partial charge in [-0.1, -0.05) is 24.3 Å². The minimum atomic E-state index is -0.425. The van der Waals surface area contributed by atoms with E-state index in [0.717, 1.165) is 0 Å². The number of benzene rings is 1. The van der Waals surface area contributed by atoms with Crippen molar-refractivity contribution in [2.45, 2.75) is 0 Å². The van der Waals surface area contributed by atoms with Gasteiger partial charge in [0.15, 0.2) is 0 Å². The smallest absolute Gasteiger partial charge is 0.587 e. The van der Waals surface area contributed by atoms with E-state index in [-0.39, 0.29) is 58.2 Å². The van der Waals surface area contributed by atoms with Gasteiger partial charge >= 0.3 is 58.2 Å². The monoisotopic (exact) mass is 231 g/mol. The van der Waals surface area contributed by atoms with Crippen LogP contribution in [0.3, 0.4) is 0 Å². The summed E-state index contributed by atoms with van der Waals surface area (Å²) in [6, 6.07) is 6.63. The minimum Gasteiger partial charge on any atom is -0.587 e. The molecule has 0 aliphatic carbocycles. The van der Waals surface area contributed by atoms with E-state index in [9.17, 15) is 9.59 Å². The molecular weight excluding hydrogens is 228 g/mol. The zero-order valence-electron chi connectivity index (χ0n) is 6.57. The molecule has 0 spiro atoms. The van der Waals surface area contributed by atoms with E-state index >= 15 is 0 Å². The van der Waals surface area contributed by atoms with Crippen LogP contribution in [-0.2, 0) is 0 Å². The van der Waals surface area contributed by atoms with Crippen LogP contribution >= 0.6 is 0 Å². The molecule has 3 nitrogen and oxygen atoms in total. The van der Waals surface area contributed by atoms with Crippen LogP contribution in [0.1, 0.15) is 20.7 Å². The van der Waals surface area contributed by atoms with Gasteiger partial charge in [-0.05, 0) is 0 Å². The van der Waals surface area contributed by atoms with Crippen LogP contribution in [0.25, 0.3) is 5.32 Å². The Bertz CT molecular complexity index is 316. The Balaban J connectivity index is 0.000000720. The normalized spacial score (nSPS) is 13.3. The van der Waals surface area contributed by atoms with Crippen molar-refractivity contribution in [2.75, 3.05) is 0 Å². The standard InChI is InChI=1S/C8H5NO2.Rb/c10-7-5-3-1-2-4-6(5)8(11)9-7;/h1-4H,(H,9,10,11);/q;+1/p-1. The number of hydrogen-bond donors (Lipinski definition) is 0. The van der Waals surface area contributed by atoms with Crippen LogP contribution in [0.4, 0.5) is 0 Å². The van der Waals surface area contributed by atoms with E-state index in [2.05, 4.69) is 5.32 Å². The summed E-state index contributed by atoms with van der Waals surface area (Å²) in [5.74, 6) is -0.851. The molecule has 0 saturated carbocycles. The van der Waals surface area contributed by atoms with Gasteiger partial charge in [0, 0.05) is 11.1 Å². The van der Waals surface area contributed by atoms with E-state index in [1.807, 2.05) is 0 Å². The molecule has 4 heteroatoms. The fourth-order valence-corrected chi connectivity index (χ4v) is 1.07. The van der Waals surface area contributed by atoms with Crippen LogP contribution in [-0.4, -0.2) is 11.8 Å². The molecule has 12 heavy (non-hydrogen) atoms. The zero-order valence-corrected chi connectivity index (χ0v) is 11.5. The Morgan fingerprint density at radius 1 is 0.917 bits per heavy atom. The number of rotatable bonds is 0. The Labute approximate surface area is 118 Å². The molecule has 54 valence electrons. The van der Waals surface area contributed by atoms with Crippen molar-refractivity contribution in [1.82, 2.24) is 0 Å². The first kappa shape index (κ1) is 10.2. The fourth-order valence-electron chi connectivity index (χ4n) is 1.07. The Hall–Kier alpha value is 0.165. The van der Waals surface area contributed by atoms with Gasteiger partial charge in [0.25, 0.3) is 0 Å². The van der Waals surface area contributed by atoms with Gasteiger partial charge < -0.3 is 14.9 Å². The average molecular weight is 232 g/mol. The van der Waals surface area contributed by atoms with E-state index in [1.165, 1.54) is 0 Å². The zero-order chi connectivity index (χ0) is 7.84. The molecule has 0 aromatic heterocycles. The van der Waals surface area contributed by atoms with E-state index < -0.39 is 11.8 Å². The maximum atomic E-state index is 10.9. The molecule has 1 aliphatic heterocycles. The molecule has 2 amide bonds. The van der Waals surface area contributed by atoms with Gasteiger partial charge in [0.2, 0.25) is 0 Å². The molecule has 0 saturated heterocycles. The summed E-state index contributed by atoms with van der Waals surface area (Å²) in [5, 5.41) is 3.28. The predicted molar refractivity (Wildman–Crippen MR) is 38.5 cm³/mol. The summed E-state index contributed by atoms with van der Waals surface area (Å²) >= 11 is 0. The maximum Gasteiger partial charge on any atom is 1.00 e. The molecule has 0 fully saturated rings. The molecule has 1 aromatic carbocycles. The Morgan fingerprint density at radius 3 is 1.75 bits per heavy atom. The SMILES string of the molecule is O=C1[N-]C(=O)c2ccccc21.[Rb+]. The largest absolute Gasteiger partial charge is 1.00 e. The Morgan fingerprint density at radius 2 is 1.33 bits per heavy atom. The number of fused-ring (bicyclic) bond motifs is 1. The summed E-state index contributed by atoms with van der Waals surface area (Å²) in [4.78, 5) is 21.8. The van der Waals surface area contributed by atoms with E-state index in [4.69, 9.17) is 0 Å². The van der Waals surface area contributed by atoms with Crippen molar-refractivity contribution in [2.24, 2.45) is 0 Å². The third kappa shape index (κ3) is 1.59. The summed E-state index contributed by atoms with van der Waals surface area (Å²) in [6.45, 7) is 0. The second kappa shape index (κ2) is 3.92. The molecule has 0 N–H and O–H groups in total. The molecular formula is C8H4NO2Rb. The van der Waals surface area contributed by atoms with E-state index in [0.29, 0.717) is 11.1 Å². The Kier molecular flexibility index (Phi) is 3.34. The number of carbonyl (C=O) groups excluding carboxylic acids is 2. The molecule has 2 rings (SSSR count). The summed E-state index contributed by atoms with van der Waals surface area (Å²) in [6.07, 6.45) is 0. The van der Waals surface area contributed by atoms with Crippen LogP contribution in [0.5, 0.6) is 0 Å². The predicted octanol–water partition coefficient (Wildman–Crippen LogP) is -1.64. The number of carbonyl (C=O) groups is 2. The molecule has 0 atom stereocenters. The first-order chi connectivity index (χ1) is 5.29. The quantitative estimate of drug-likeness (QED) is 0.503. The summed E-state index contributed by atoms with van der Waals surface area (Å²) in [5.41, 5.74) is 0.829. The van der Waals surface area contributed by atoms with E-state index in [1.54, 1.807) is 24.3 Å². The third-order valence-corrected chi connectivity index (χ3v) is 1.59. The van der Waals surface area contributed by atoms with Gasteiger partial charge in [0.1, 0.15) is 0 Å².